The van der Waals surface area contributed by atoms with Crippen molar-refractivity contribution >= 4 is 0 Å². The molecule has 2 N–H and O–H groups in total. The second kappa shape index (κ2) is 16.9. The number of phenols is 2. The fourth-order valence-corrected chi connectivity index (χ4v) is 6.48. The third-order valence-electron chi connectivity index (χ3n) is 8.76. The van der Waals surface area contributed by atoms with E-state index in [2.05, 4.69) is 52.8 Å². The van der Waals surface area contributed by atoms with Gasteiger partial charge in [-0.2, -0.15) is 0 Å². The predicted molar refractivity (Wildman–Crippen MR) is 166 cm³/mol. The number of aromatic hydroxyl groups is 2. The molecule has 0 amide bonds. The highest BCUT2D eigenvalue weighted by molar-refractivity contribution is 5.56. The Morgan fingerprint density at radius 3 is 1.82 bits per heavy atom. The molecule has 0 saturated heterocycles. The number of hydrogen-bond donors (Lipinski definition) is 2. The minimum absolute atomic E-state index is 0.287. The lowest BCUT2D eigenvalue weighted by atomic mass is 9.65. The Hall–Kier alpha value is -1.96. The van der Waals surface area contributed by atoms with E-state index in [1.54, 1.807) is 0 Å². The van der Waals surface area contributed by atoms with E-state index in [1.165, 1.54) is 80.9 Å². The molecule has 214 valence electrons. The number of rotatable bonds is 19. The molecule has 0 radical (unpaired) electrons. The lowest BCUT2D eigenvalue weighted by Gasteiger charge is -2.38. The molecule has 38 heavy (non-hydrogen) atoms. The number of aryl methyl sites for hydroxylation is 3. The summed E-state index contributed by atoms with van der Waals surface area (Å²) >= 11 is 0. The van der Waals surface area contributed by atoms with Crippen molar-refractivity contribution in [3.05, 3.63) is 57.6 Å². The number of phenolic OH excluding ortho intramolecular Hbond substituents is 2. The molecule has 0 aliphatic carbocycles. The Morgan fingerprint density at radius 1 is 0.605 bits per heavy atom. The van der Waals surface area contributed by atoms with Gasteiger partial charge < -0.3 is 10.2 Å². The molecule has 2 aromatic rings. The molecule has 0 aromatic heterocycles. The molecule has 0 aliphatic rings. The van der Waals surface area contributed by atoms with Crippen LogP contribution in [0.25, 0.3) is 0 Å². The van der Waals surface area contributed by atoms with Crippen LogP contribution < -0.4 is 0 Å². The van der Waals surface area contributed by atoms with Gasteiger partial charge in [0.25, 0.3) is 0 Å². The number of hydrogen-bond acceptors (Lipinski definition) is 2. The van der Waals surface area contributed by atoms with Crippen LogP contribution in [0.1, 0.15) is 157 Å². The summed E-state index contributed by atoms with van der Waals surface area (Å²) in [5.74, 6) is 0.898. The van der Waals surface area contributed by atoms with Gasteiger partial charge in [0.1, 0.15) is 11.5 Å². The molecule has 2 nitrogen and oxygen atoms in total. The Morgan fingerprint density at radius 2 is 1.21 bits per heavy atom. The van der Waals surface area contributed by atoms with E-state index >= 15 is 0 Å². The zero-order valence-corrected chi connectivity index (χ0v) is 25.7. The van der Waals surface area contributed by atoms with Crippen molar-refractivity contribution in [1.82, 2.24) is 0 Å². The zero-order chi connectivity index (χ0) is 28.0. The number of unbranched alkanes of at least 4 members (excludes halogenated alkanes) is 10. The first kappa shape index (κ1) is 32.3. The van der Waals surface area contributed by atoms with E-state index in [0.717, 1.165) is 61.6 Å². The van der Waals surface area contributed by atoms with Crippen molar-refractivity contribution in [2.45, 2.75) is 156 Å². The minimum atomic E-state index is -0.287. The van der Waals surface area contributed by atoms with E-state index < -0.39 is 0 Å². The normalized spacial score (nSPS) is 13.1. The fraction of sp³-hybridized carbons (Fsp3) is 0.667. The van der Waals surface area contributed by atoms with Crippen LogP contribution in [0.3, 0.4) is 0 Å². The van der Waals surface area contributed by atoms with E-state index in [1.807, 2.05) is 13.0 Å². The molecule has 0 fully saturated rings. The van der Waals surface area contributed by atoms with Gasteiger partial charge >= 0.3 is 0 Å². The molecule has 2 heteroatoms. The maximum absolute atomic E-state index is 11.5. The van der Waals surface area contributed by atoms with Gasteiger partial charge in [-0.1, -0.05) is 123 Å². The van der Waals surface area contributed by atoms with Gasteiger partial charge in [-0.25, -0.2) is 0 Å². The summed E-state index contributed by atoms with van der Waals surface area (Å²) < 4.78 is 0. The Bertz CT molecular complexity index is 960. The van der Waals surface area contributed by atoms with Crippen molar-refractivity contribution in [1.29, 1.82) is 0 Å². The van der Waals surface area contributed by atoms with E-state index in [4.69, 9.17) is 0 Å². The molecule has 0 saturated carbocycles. The monoisotopic (exact) mass is 522 g/mol. The fourth-order valence-electron chi connectivity index (χ4n) is 6.48. The summed E-state index contributed by atoms with van der Waals surface area (Å²) in [6.45, 7) is 13.2. The van der Waals surface area contributed by atoms with Gasteiger partial charge in [-0.3, -0.25) is 0 Å². The van der Waals surface area contributed by atoms with Gasteiger partial charge in [0.05, 0.1) is 0 Å². The van der Waals surface area contributed by atoms with Crippen molar-refractivity contribution in [2.75, 3.05) is 0 Å². The molecular formula is C36H58O2. The second-order valence-corrected chi connectivity index (χ2v) is 11.8. The largest absolute Gasteiger partial charge is 0.508 e. The van der Waals surface area contributed by atoms with Crippen molar-refractivity contribution in [3.63, 3.8) is 0 Å². The summed E-state index contributed by atoms with van der Waals surface area (Å²) in [6.07, 6.45) is 19.9. The van der Waals surface area contributed by atoms with Gasteiger partial charge in [0.2, 0.25) is 0 Å². The highest BCUT2D eigenvalue weighted by Crippen LogP contribution is 2.49. The lowest BCUT2D eigenvalue weighted by Crippen LogP contribution is -2.30. The first-order valence-corrected chi connectivity index (χ1v) is 16.0. The first-order chi connectivity index (χ1) is 18.4. The quantitative estimate of drug-likeness (QED) is 0.180. The highest BCUT2D eigenvalue weighted by atomic mass is 16.3. The van der Waals surface area contributed by atoms with Crippen LogP contribution in [0.5, 0.6) is 11.5 Å². The van der Waals surface area contributed by atoms with Crippen molar-refractivity contribution in [2.24, 2.45) is 0 Å². The standard InChI is InChI=1S/C36H58O2/c1-7-11-13-15-16-17-18-19-21-31-32(23-22-28(5)35(31)38)36(24-9-3,25-20-14-12-8-2)33-26-29(6)30(10-4)27-34(33)37/h22-23,26-27,37-38H,7-21,24-25H2,1-6H3. The summed E-state index contributed by atoms with van der Waals surface area (Å²) in [6, 6.07) is 8.66. The van der Waals surface area contributed by atoms with Crippen molar-refractivity contribution in [3.8, 4) is 11.5 Å². The van der Waals surface area contributed by atoms with Crippen LogP contribution in [-0.2, 0) is 18.3 Å². The van der Waals surface area contributed by atoms with Gasteiger partial charge in [-0.05, 0) is 79.8 Å². The van der Waals surface area contributed by atoms with Crippen LogP contribution in [0, 0.1) is 13.8 Å². The molecule has 0 aliphatic heterocycles. The molecule has 0 heterocycles. The molecule has 2 aromatic carbocycles. The molecule has 0 bridgehead atoms. The maximum atomic E-state index is 11.5. The first-order valence-electron chi connectivity index (χ1n) is 16.0. The van der Waals surface area contributed by atoms with E-state index in [-0.39, 0.29) is 5.41 Å². The van der Waals surface area contributed by atoms with Crippen LogP contribution in [0.15, 0.2) is 24.3 Å². The second-order valence-electron chi connectivity index (χ2n) is 11.8. The summed E-state index contributed by atoms with van der Waals surface area (Å²) in [5, 5.41) is 22.9. The summed E-state index contributed by atoms with van der Waals surface area (Å²) in [4.78, 5) is 0. The third kappa shape index (κ3) is 8.52. The Balaban J connectivity index is 2.50. The number of benzene rings is 2. The Kier molecular flexibility index (Phi) is 14.3. The average Bonchev–Trinajstić information content (AvgIpc) is 2.91. The van der Waals surface area contributed by atoms with Gasteiger partial charge in [0, 0.05) is 11.0 Å². The van der Waals surface area contributed by atoms with Gasteiger partial charge in [0.15, 0.2) is 0 Å². The molecule has 1 unspecified atom stereocenters. The average molecular weight is 523 g/mol. The predicted octanol–water partition coefficient (Wildman–Crippen LogP) is 11.0. The lowest BCUT2D eigenvalue weighted by molar-refractivity contribution is 0.375. The van der Waals surface area contributed by atoms with Crippen molar-refractivity contribution < 1.29 is 10.2 Å². The zero-order valence-electron chi connectivity index (χ0n) is 25.7. The maximum Gasteiger partial charge on any atom is 0.121 e. The third-order valence-corrected chi connectivity index (χ3v) is 8.76. The molecule has 1 atom stereocenters. The van der Waals surface area contributed by atoms with Crippen LogP contribution in [0.2, 0.25) is 0 Å². The SMILES string of the molecule is CCCCCCCCCCc1c(C(CCC)(CCCCCC)c2cc(C)c(CC)cc2O)ccc(C)c1O. The topological polar surface area (TPSA) is 40.5 Å². The molecular weight excluding hydrogens is 464 g/mol. The highest BCUT2D eigenvalue weighted by Gasteiger charge is 2.38. The van der Waals surface area contributed by atoms with Gasteiger partial charge in [-0.15, -0.1) is 0 Å². The Labute approximate surface area is 235 Å². The summed E-state index contributed by atoms with van der Waals surface area (Å²) in [5.41, 5.74) is 6.58. The van der Waals surface area contributed by atoms with Crippen LogP contribution in [-0.4, -0.2) is 10.2 Å². The molecule has 2 rings (SSSR count). The molecule has 0 spiro atoms. The van der Waals surface area contributed by atoms with E-state index in [0.29, 0.717) is 11.5 Å². The summed E-state index contributed by atoms with van der Waals surface area (Å²) in [7, 11) is 0. The smallest absolute Gasteiger partial charge is 0.121 e. The van der Waals surface area contributed by atoms with E-state index in [9.17, 15) is 10.2 Å². The van der Waals surface area contributed by atoms with Crippen LogP contribution >= 0.6 is 0 Å². The minimum Gasteiger partial charge on any atom is -0.508 e. The van der Waals surface area contributed by atoms with Crippen LogP contribution in [0.4, 0.5) is 0 Å².